The van der Waals surface area contributed by atoms with Gasteiger partial charge in [0.15, 0.2) is 11.5 Å². The number of terminal acetylenes is 1. The van der Waals surface area contributed by atoms with E-state index in [2.05, 4.69) is 5.92 Å². The van der Waals surface area contributed by atoms with Gasteiger partial charge in [-0.2, -0.15) is 0 Å². The third kappa shape index (κ3) is 2.38. The third-order valence-corrected chi connectivity index (χ3v) is 4.04. The molecule has 0 saturated carbocycles. The van der Waals surface area contributed by atoms with Crippen LogP contribution in [0.15, 0.2) is 17.0 Å². The zero-order chi connectivity index (χ0) is 15.7. The minimum absolute atomic E-state index is 0.0414. The Morgan fingerprint density at radius 3 is 2.82 bits per heavy atom. The number of imide groups is 1. The molecule has 112 valence electrons. The predicted molar refractivity (Wildman–Crippen MR) is 80.6 cm³/mol. The van der Waals surface area contributed by atoms with E-state index >= 15 is 0 Å². The van der Waals surface area contributed by atoms with Crippen LogP contribution >= 0.6 is 11.8 Å². The first-order chi connectivity index (χ1) is 10.6. The van der Waals surface area contributed by atoms with Crippen LogP contribution in [0.3, 0.4) is 0 Å². The van der Waals surface area contributed by atoms with Crippen LogP contribution in [0.4, 0.5) is 4.79 Å². The highest BCUT2D eigenvalue weighted by atomic mass is 32.2. The molecule has 2 aliphatic heterocycles. The lowest BCUT2D eigenvalue weighted by molar-refractivity contribution is -0.122. The largest absolute Gasteiger partial charge is 0.496 e. The van der Waals surface area contributed by atoms with Crippen LogP contribution < -0.4 is 14.2 Å². The van der Waals surface area contributed by atoms with Crippen molar-refractivity contribution in [3.63, 3.8) is 0 Å². The van der Waals surface area contributed by atoms with Crippen LogP contribution in [-0.2, 0) is 4.79 Å². The van der Waals surface area contributed by atoms with Gasteiger partial charge in [0.05, 0.1) is 18.6 Å². The van der Waals surface area contributed by atoms with E-state index in [1.54, 1.807) is 18.2 Å². The average Bonchev–Trinajstić information content (AvgIpc) is 3.06. The maximum Gasteiger partial charge on any atom is 0.294 e. The van der Waals surface area contributed by atoms with Gasteiger partial charge in [0.25, 0.3) is 11.1 Å². The highest BCUT2D eigenvalue weighted by Crippen LogP contribution is 2.40. The predicted octanol–water partition coefficient (Wildman–Crippen LogP) is 2.09. The minimum atomic E-state index is -0.410. The molecule has 1 aromatic rings. The van der Waals surface area contributed by atoms with Crippen LogP contribution in [-0.4, -0.2) is 36.5 Å². The van der Waals surface area contributed by atoms with E-state index in [1.165, 1.54) is 7.11 Å². The number of hydrogen-bond donors (Lipinski definition) is 0. The average molecular weight is 317 g/mol. The Morgan fingerprint density at radius 2 is 2.14 bits per heavy atom. The number of fused-ring (bicyclic) bond motifs is 1. The second-order valence-electron chi connectivity index (χ2n) is 4.42. The Balaban J connectivity index is 1.97. The second-order valence-corrected chi connectivity index (χ2v) is 5.41. The van der Waals surface area contributed by atoms with E-state index in [9.17, 15) is 9.59 Å². The van der Waals surface area contributed by atoms with Gasteiger partial charge in [-0.05, 0) is 23.9 Å². The molecule has 2 heterocycles. The molecule has 2 amide bonds. The first-order valence-electron chi connectivity index (χ1n) is 6.30. The normalized spacial score (nSPS) is 18.0. The molecular weight excluding hydrogens is 306 g/mol. The van der Waals surface area contributed by atoms with Crippen molar-refractivity contribution in [2.45, 2.75) is 0 Å². The van der Waals surface area contributed by atoms with Gasteiger partial charge in [0, 0.05) is 11.6 Å². The molecule has 0 bridgehead atoms. The molecule has 0 spiro atoms. The quantitative estimate of drug-likeness (QED) is 0.628. The van der Waals surface area contributed by atoms with E-state index < -0.39 is 5.91 Å². The van der Waals surface area contributed by atoms with Crippen molar-refractivity contribution in [1.82, 2.24) is 4.90 Å². The van der Waals surface area contributed by atoms with Crippen LogP contribution in [0.2, 0.25) is 0 Å². The maximum atomic E-state index is 12.2. The number of ether oxygens (including phenoxy) is 3. The zero-order valence-corrected chi connectivity index (χ0v) is 12.4. The summed E-state index contributed by atoms with van der Waals surface area (Å²) in [7, 11) is 1.51. The third-order valence-electron chi connectivity index (χ3n) is 3.13. The van der Waals surface area contributed by atoms with Crippen LogP contribution in [0, 0.1) is 12.3 Å². The molecular formula is C15H11NO5S. The SMILES string of the molecule is C#CCN1C(=O)S/C(=C/c2cc3c(cc2OC)OCO3)C1=O. The second kappa shape index (κ2) is 5.66. The summed E-state index contributed by atoms with van der Waals surface area (Å²) >= 11 is 0.844. The first kappa shape index (κ1) is 14.4. The van der Waals surface area contributed by atoms with Gasteiger partial charge < -0.3 is 14.2 Å². The van der Waals surface area contributed by atoms with E-state index in [0.29, 0.717) is 22.8 Å². The van der Waals surface area contributed by atoms with Crippen molar-refractivity contribution < 1.29 is 23.8 Å². The molecule has 0 aliphatic carbocycles. The Labute approximate surface area is 131 Å². The number of carbonyl (C=O) groups is 2. The molecule has 6 nitrogen and oxygen atoms in total. The van der Waals surface area contributed by atoms with Crippen LogP contribution in [0.25, 0.3) is 6.08 Å². The number of rotatable bonds is 3. The van der Waals surface area contributed by atoms with Gasteiger partial charge in [-0.1, -0.05) is 5.92 Å². The molecule has 0 aromatic heterocycles. The molecule has 1 fully saturated rings. The fourth-order valence-corrected chi connectivity index (χ4v) is 2.93. The molecule has 0 atom stereocenters. The van der Waals surface area contributed by atoms with Crippen molar-refractivity contribution in [3.8, 4) is 29.6 Å². The number of nitrogens with zero attached hydrogens (tertiary/aromatic N) is 1. The minimum Gasteiger partial charge on any atom is -0.496 e. The van der Waals surface area contributed by atoms with Crippen molar-refractivity contribution in [2.24, 2.45) is 0 Å². The lowest BCUT2D eigenvalue weighted by atomic mass is 10.1. The van der Waals surface area contributed by atoms with Gasteiger partial charge in [-0.25, -0.2) is 0 Å². The Bertz CT molecular complexity index is 734. The van der Waals surface area contributed by atoms with Crippen molar-refractivity contribution >= 4 is 29.0 Å². The summed E-state index contributed by atoms with van der Waals surface area (Å²) in [6.45, 7) is 0.0981. The first-order valence-corrected chi connectivity index (χ1v) is 7.12. The Morgan fingerprint density at radius 1 is 1.41 bits per heavy atom. The number of hydrogen-bond acceptors (Lipinski definition) is 6. The lowest BCUT2D eigenvalue weighted by Crippen LogP contribution is -2.28. The number of methoxy groups -OCH3 is 1. The molecule has 0 N–H and O–H groups in total. The molecule has 3 rings (SSSR count). The van der Waals surface area contributed by atoms with Crippen LogP contribution in [0.5, 0.6) is 17.2 Å². The summed E-state index contributed by atoms with van der Waals surface area (Å²) < 4.78 is 15.9. The number of carbonyl (C=O) groups excluding carboxylic acids is 2. The summed E-state index contributed by atoms with van der Waals surface area (Å²) in [5.41, 5.74) is 0.623. The molecule has 22 heavy (non-hydrogen) atoms. The number of amides is 2. The number of benzene rings is 1. The lowest BCUT2D eigenvalue weighted by Gasteiger charge is -2.08. The van der Waals surface area contributed by atoms with Gasteiger partial charge in [0.1, 0.15) is 5.75 Å². The molecule has 2 aliphatic rings. The monoisotopic (exact) mass is 317 g/mol. The van der Waals surface area contributed by atoms with Crippen molar-refractivity contribution in [2.75, 3.05) is 20.4 Å². The summed E-state index contributed by atoms with van der Waals surface area (Å²) in [4.78, 5) is 25.3. The maximum absolute atomic E-state index is 12.2. The molecule has 0 radical (unpaired) electrons. The van der Waals surface area contributed by atoms with E-state index in [0.717, 1.165) is 16.7 Å². The van der Waals surface area contributed by atoms with Gasteiger partial charge in [-0.3, -0.25) is 14.5 Å². The van der Waals surface area contributed by atoms with Gasteiger partial charge >= 0.3 is 0 Å². The highest BCUT2D eigenvalue weighted by molar-refractivity contribution is 8.18. The molecule has 1 aromatic carbocycles. The smallest absolute Gasteiger partial charge is 0.294 e. The zero-order valence-electron chi connectivity index (χ0n) is 11.6. The van der Waals surface area contributed by atoms with E-state index in [1.807, 2.05) is 0 Å². The molecule has 1 saturated heterocycles. The molecule has 0 unspecified atom stereocenters. The van der Waals surface area contributed by atoms with Crippen LogP contribution in [0.1, 0.15) is 5.56 Å². The standard InChI is InChI=1S/C15H11NO5S/c1-3-4-16-14(17)13(22-15(16)18)6-9-5-11-12(21-8-20-11)7-10(9)19-2/h1,5-7H,4,8H2,2H3/b13-6+. The van der Waals surface area contributed by atoms with E-state index in [4.69, 9.17) is 20.6 Å². The summed E-state index contributed by atoms with van der Waals surface area (Å²) in [6, 6.07) is 3.39. The summed E-state index contributed by atoms with van der Waals surface area (Å²) in [5.74, 6) is 3.55. The fourth-order valence-electron chi connectivity index (χ4n) is 2.10. The van der Waals surface area contributed by atoms with Gasteiger partial charge in [-0.15, -0.1) is 6.42 Å². The van der Waals surface area contributed by atoms with Gasteiger partial charge in [0.2, 0.25) is 6.79 Å². The highest BCUT2D eigenvalue weighted by Gasteiger charge is 2.34. The summed E-state index contributed by atoms with van der Waals surface area (Å²) in [5, 5.41) is -0.381. The molecule has 7 heteroatoms. The topological polar surface area (TPSA) is 65.1 Å². The Kier molecular flexibility index (Phi) is 3.69. The van der Waals surface area contributed by atoms with E-state index in [-0.39, 0.29) is 23.5 Å². The Hall–Kier alpha value is -2.59. The van der Waals surface area contributed by atoms with Crippen molar-refractivity contribution in [1.29, 1.82) is 0 Å². The van der Waals surface area contributed by atoms with Crippen molar-refractivity contribution in [3.05, 3.63) is 22.6 Å². The summed E-state index contributed by atoms with van der Waals surface area (Å²) in [6.07, 6.45) is 6.75. The fraction of sp³-hybridized carbons (Fsp3) is 0.200. The number of thioether (sulfide) groups is 1.